The summed E-state index contributed by atoms with van der Waals surface area (Å²) in [6.07, 6.45) is 48.6. The lowest BCUT2D eigenvalue weighted by Crippen LogP contribution is -2.37. The van der Waals surface area contributed by atoms with Gasteiger partial charge in [-0.1, -0.05) is 187 Å². The van der Waals surface area contributed by atoms with Gasteiger partial charge < -0.3 is 27.9 Å². The highest BCUT2D eigenvalue weighted by Gasteiger charge is 2.20. The molecule has 0 aromatic rings. The molecule has 0 saturated carbocycles. The summed E-state index contributed by atoms with van der Waals surface area (Å²) in [6, 6.07) is 0. The zero-order valence-corrected chi connectivity index (χ0v) is 39.2. The van der Waals surface area contributed by atoms with Gasteiger partial charge in [0.2, 0.25) is 0 Å². The van der Waals surface area contributed by atoms with Gasteiger partial charge in [-0.2, -0.15) is 0 Å². The molecule has 57 heavy (non-hydrogen) atoms. The van der Waals surface area contributed by atoms with Crippen LogP contribution < -0.4 is 4.89 Å². The van der Waals surface area contributed by atoms with Crippen LogP contribution in [0.1, 0.15) is 226 Å². The molecule has 2 atom stereocenters. The van der Waals surface area contributed by atoms with Crippen molar-refractivity contribution in [1.29, 1.82) is 0 Å². The molecule has 0 bridgehead atoms. The molecule has 0 aliphatic carbocycles. The Morgan fingerprint density at radius 1 is 0.544 bits per heavy atom. The van der Waals surface area contributed by atoms with E-state index in [1.54, 1.807) is 6.26 Å². The lowest BCUT2D eigenvalue weighted by molar-refractivity contribution is -0.870. The molecule has 0 spiro atoms. The van der Waals surface area contributed by atoms with Gasteiger partial charge in [0.05, 0.1) is 34.0 Å². The minimum absolute atomic E-state index is 0.0181. The quantitative estimate of drug-likeness (QED) is 0.0151. The number of phosphoric ester groups is 1. The summed E-state index contributed by atoms with van der Waals surface area (Å²) in [5.74, 6) is -0.355. The molecule has 0 amide bonds. The summed E-state index contributed by atoms with van der Waals surface area (Å²) >= 11 is 0. The van der Waals surface area contributed by atoms with E-state index >= 15 is 0 Å². The Labute approximate surface area is 353 Å². The number of allylic oxidation sites excluding steroid dienone is 3. The topological polar surface area (TPSA) is 94.1 Å². The van der Waals surface area contributed by atoms with E-state index in [2.05, 4.69) is 26.0 Å². The van der Waals surface area contributed by atoms with Crippen molar-refractivity contribution in [2.45, 2.75) is 232 Å². The number of unbranched alkanes of at least 4 members (excludes halogenated alkanes) is 29. The number of esters is 1. The van der Waals surface area contributed by atoms with Crippen molar-refractivity contribution in [1.82, 2.24) is 0 Å². The number of nitrogens with zero attached hydrogens (tertiary/aromatic N) is 1. The Kier molecular flexibility index (Phi) is 40.7. The van der Waals surface area contributed by atoms with E-state index in [1.165, 1.54) is 173 Å². The second-order valence-electron chi connectivity index (χ2n) is 17.5. The van der Waals surface area contributed by atoms with Gasteiger partial charge in [-0.3, -0.25) is 9.36 Å². The van der Waals surface area contributed by atoms with Crippen LogP contribution in [0.2, 0.25) is 0 Å². The van der Waals surface area contributed by atoms with Gasteiger partial charge in [-0.15, -0.1) is 0 Å². The molecule has 0 aliphatic heterocycles. The Hall–Kier alpha value is -1.18. The number of likely N-dealkylation sites (N-methyl/N-ethyl adjacent to an activating group) is 1. The molecule has 1 unspecified atom stereocenters. The SMILES string of the molecule is CCCCCCCC/C=C/CCCCCCCCCCCC(=O)O[C@H](CO/C=C/CCCCCCCCCCCCCCCC)COP(=O)([O-])OCC[N+](C)(C)C. The Bertz CT molecular complexity index is 967. The molecule has 9 heteroatoms. The fourth-order valence-corrected chi connectivity index (χ4v) is 7.53. The van der Waals surface area contributed by atoms with Crippen LogP contribution in [-0.2, 0) is 27.9 Å². The van der Waals surface area contributed by atoms with Crippen molar-refractivity contribution in [3.05, 3.63) is 24.5 Å². The molecule has 0 N–H and O–H groups in total. The first-order valence-electron chi connectivity index (χ1n) is 24.1. The van der Waals surface area contributed by atoms with Crippen molar-refractivity contribution in [3.63, 3.8) is 0 Å². The van der Waals surface area contributed by atoms with Crippen molar-refractivity contribution in [3.8, 4) is 0 Å². The monoisotopic (exact) mass is 828 g/mol. The molecule has 0 aromatic heterocycles. The number of quaternary nitrogens is 1. The normalized spacial score (nSPS) is 13.8. The lowest BCUT2D eigenvalue weighted by Gasteiger charge is -2.28. The van der Waals surface area contributed by atoms with Gasteiger partial charge in [0, 0.05) is 6.42 Å². The number of hydrogen-bond acceptors (Lipinski definition) is 7. The summed E-state index contributed by atoms with van der Waals surface area (Å²) in [6.45, 7) is 4.76. The third-order valence-electron chi connectivity index (χ3n) is 10.6. The van der Waals surface area contributed by atoms with Crippen LogP contribution in [0, 0.1) is 0 Å². The molecular formula is C48H94NO7P. The van der Waals surface area contributed by atoms with E-state index in [4.69, 9.17) is 18.5 Å². The van der Waals surface area contributed by atoms with Crippen LogP contribution in [0.4, 0.5) is 0 Å². The molecule has 0 heterocycles. The summed E-state index contributed by atoms with van der Waals surface area (Å²) < 4.78 is 34.4. The fraction of sp³-hybridized carbons (Fsp3) is 0.896. The Morgan fingerprint density at radius 3 is 1.35 bits per heavy atom. The standard InChI is InChI=1S/C48H94NO7P/c1-6-8-10-12-14-16-18-20-22-24-25-26-27-29-31-33-35-37-39-41-48(50)56-47(46-55-57(51,52)54-44-42-49(3,4)5)45-53-43-40-38-36-34-32-30-28-23-21-19-17-15-13-11-9-7-2/h20,22,40,43,47H,6-19,21,23-39,41-42,44-46H2,1-5H3/b22-20+,43-40+/t47-/m1/s1. The lowest BCUT2D eigenvalue weighted by atomic mass is 10.0. The predicted molar refractivity (Wildman–Crippen MR) is 240 cm³/mol. The first-order valence-corrected chi connectivity index (χ1v) is 25.6. The Balaban J connectivity index is 4.21. The van der Waals surface area contributed by atoms with Crippen molar-refractivity contribution in [2.24, 2.45) is 0 Å². The minimum Gasteiger partial charge on any atom is -0.756 e. The summed E-state index contributed by atoms with van der Waals surface area (Å²) in [5.41, 5.74) is 0. The zero-order chi connectivity index (χ0) is 42.0. The van der Waals surface area contributed by atoms with Crippen LogP contribution in [0.3, 0.4) is 0 Å². The molecule has 0 fully saturated rings. The van der Waals surface area contributed by atoms with Gasteiger partial charge in [0.25, 0.3) is 7.82 Å². The first-order chi connectivity index (χ1) is 27.6. The fourth-order valence-electron chi connectivity index (χ4n) is 6.80. The molecule has 0 aliphatic rings. The van der Waals surface area contributed by atoms with Crippen LogP contribution in [0.15, 0.2) is 24.5 Å². The highest BCUT2D eigenvalue weighted by atomic mass is 31.2. The maximum Gasteiger partial charge on any atom is 0.306 e. The van der Waals surface area contributed by atoms with Crippen LogP contribution in [-0.4, -0.2) is 64.1 Å². The summed E-state index contributed by atoms with van der Waals surface area (Å²) in [7, 11) is 1.33. The van der Waals surface area contributed by atoms with E-state index in [0.717, 1.165) is 32.1 Å². The highest BCUT2D eigenvalue weighted by Crippen LogP contribution is 2.38. The maximum absolute atomic E-state index is 12.7. The van der Waals surface area contributed by atoms with Crippen LogP contribution >= 0.6 is 7.82 Å². The minimum atomic E-state index is -4.54. The molecular weight excluding hydrogens is 734 g/mol. The number of phosphoric acid groups is 1. The Morgan fingerprint density at radius 2 is 0.930 bits per heavy atom. The number of hydrogen-bond donors (Lipinski definition) is 0. The summed E-state index contributed by atoms with van der Waals surface area (Å²) in [4.78, 5) is 25.1. The van der Waals surface area contributed by atoms with E-state index in [1.807, 2.05) is 27.2 Å². The predicted octanol–water partition coefficient (Wildman–Crippen LogP) is 14.1. The molecule has 338 valence electrons. The third-order valence-corrected chi connectivity index (χ3v) is 11.5. The second-order valence-corrected chi connectivity index (χ2v) is 19.0. The molecule has 8 nitrogen and oxygen atoms in total. The van der Waals surface area contributed by atoms with Crippen LogP contribution in [0.5, 0.6) is 0 Å². The van der Waals surface area contributed by atoms with Crippen molar-refractivity contribution >= 4 is 13.8 Å². The van der Waals surface area contributed by atoms with Gasteiger partial charge >= 0.3 is 5.97 Å². The van der Waals surface area contributed by atoms with E-state index in [9.17, 15) is 14.3 Å². The second kappa shape index (κ2) is 41.5. The number of carbonyl (C=O) groups is 1. The van der Waals surface area contributed by atoms with Gasteiger partial charge in [0.15, 0.2) is 6.10 Å². The van der Waals surface area contributed by atoms with E-state index in [-0.39, 0.29) is 25.8 Å². The van der Waals surface area contributed by atoms with Gasteiger partial charge in [-0.25, -0.2) is 0 Å². The van der Waals surface area contributed by atoms with E-state index in [0.29, 0.717) is 17.4 Å². The number of rotatable bonds is 45. The molecule has 0 aromatic carbocycles. The van der Waals surface area contributed by atoms with Crippen molar-refractivity contribution < 1.29 is 37.3 Å². The number of ether oxygens (including phenoxy) is 2. The van der Waals surface area contributed by atoms with Gasteiger partial charge in [-0.05, 0) is 51.0 Å². The first kappa shape index (κ1) is 55.8. The zero-order valence-electron chi connectivity index (χ0n) is 38.3. The molecule has 0 rings (SSSR count). The number of carbonyl (C=O) groups excluding carboxylic acids is 1. The van der Waals surface area contributed by atoms with Gasteiger partial charge in [0.1, 0.15) is 19.8 Å². The smallest absolute Gasteiger partial charge is 0.306 e. The molecule has 0 saturated heterocycles. The van der Waals surface area contributed by atoms with Crippen LogP contribution in [0.25, 0.3) is 0 Å². The summed E-state index contributed by atoms with van der Waals surface area (Å²) in [5, 5.41) is 0. The highest BCUT2D eigenvalue weighted by molar-refractivity contribution is 7.45. The van der Waals surface area contributed by atoms with Crippen molar-refractivity contribution in [2.75, 3.05) is 47.5 Å². The largest absolute Gasteiger partial charge is 0.756 e. The average Bonchev–Trinajstić information content (AvgIpc) is 3.16. The third kappa shape index (κ3) is 45.7. The maximum atomic E-state index is 12.7. The average molecular weight is 828 g/mol. The molecule has 0 radical (unpaired) electrons. The van der Waals surface area contributed by atoms with E-state index < -0.39 is 13.9 Å².